The Morgan fingerprint density at radius 3 is 2.80 bits per heavy atom. The van der Waals surface area contributed by atoms with Gasteiger partial charge in [-0.05, 0) is 24.1 Å². The molecular formula is C15H20N2O3. The van der Waals surface area contributed by atoms with E-state index in [1.54, 1.807) is 4.90 Å². The Morgan fingerprint density at radius 1 is 1.40 bits per heavy atom. The second-order valence-corrected chi connectivity index (χ2v) is 5.22. The second kappa shape index (κ2) is 6.05. The van der Waals surface area contributed by atoms with Gasteiger partial charge in [0, 0.05) is 30.9 Å². The predicted molar refractivity (Wildman–Crippen MR) is 77.8 cm³/mol. The van der Waals surface area contributed by atoms with Crippen molar-refractivity contribution in [3.8, 4) is 0 Å². The SMILES string of the molecule is COCC(=O)N1CCc2ccc(NC(=O)C(C)C)cc21. The third kappa shape index (κ3) is 2.99. The fourth-order valence-corrected chi connectivity index (χ4v) is 2.20. The van der Waals surface area contributed by atoms with Gasteiger partial charge in [-0.15, -0.1) is 0 Å². The predicted octanol–water partition coefficient (Wildman–Crippen LogP) is 1.82. The molecule has 0 saturated carbocycles. The van der Waals surface area contributed by atoms with Crippen LogP contribution >= 0.6 is 0 Å². The van der Waals surface area contributed by atoms with E-state index in [1.165, 1.54) is 7.11 Å². The number of benzene rings is 1. The van der Waals surface area contributed by atoms with Crippen molar-refractivity contribution in [3.63, 3.8) is 0 Å². The summed E-state index contributed by atoms with van der Waals surface area (Å²) in [6.07, 6.45) is 0.837. The summed E-state index contributed by atoms with van der Waals surface area (Å²) in [7, 11) is 1.51. The van der Waals surface area contributed by atoms with E-state index in [2.05, 4.69) is 5.32 Å². The molecule has 0 unspecified atom stereocenters. The minimum atomic E-state index is -0.0746. The highest BCUT2D eigenvalue weighted by Crippen LogP contribution is 2.31. The molecule has 0 spiro atoms. The Hall–Kier alpha value is -1.88. The van der Waals surface area contributed by atoms with E-state index in [9.17, 15) is 9.59 Å². The molecule has 1 N–H and O–H groups in total. The number of ether oxygens (including phenoxy) is 1. The van der Waals surface area contributed by atoms with Crippen molar-refractivity contribution in [2.24, 2.45) is 5.92 Å². The number of hydrogen-bond acceptors (Lipinski definition) is 3. The standard InChI is InChI=1S/C15H20N2O3/c1-10(2)15(19)16-12-5-4-11-6-7-17(13(11)8-12)14(18)9-20-3/h4-5,8,10H,6-7,9H2,1-3H3,(H,16,19). The lowest BCUT2D eigenvalue weighted by Crippen LogP contribution is -2.32. The fraction of sp³-hybridized carbons (Fsp3) is 0.467. The number of hydrogen-bond donors (Lipinski definition) is 1. The smallest absolute Gasteiger partial charge is 0.252 e. The summed E-state index contributed by atoms with van der Waals surface area (Å²) < 4.78 is 4.90. The zero-order valence-corrected chi connectivity index (χ0v) is 12.1. The first kappa shape index (κ1) is 14.5. The summed E-state index contributed by atoms with van der Waals surface area (Å²) in [6, 6.07) is 5.70. The molecule has 5 heteroatoms. The number of amides is 2. The van der Waals surface area contributed by atoms with Crippen LogP contribution in [0, 0.1) is 5.92 Å². The van der Waals surface area contributed by atoms with Crippen LogP contribution in [-0.4, -0.2) is 32.1 Å². The van der Waals surface area contributed by atoms with E-state index >= 15 is 0 Å². The molecule has 1 aromatic carbocycles. The molecule has 2 amide bonds. The first-order valence-electron chi connectivity index (χ1n) is 6.76. The Kier molecular flexibility index (Phi) is 4.39. The lowest BCUT2D eigenvalue weighted by molar-refractivity contribution is -0.122. The van der Waals surface area contributed by atoms with E-state index in [0.717, 1.165) is 23.4 Å². The number of fused-ring (bicyclic) bond motifs is 1. The molecule has 0 saturated heterocycles. The molecule has 0 fully saturated rings. The number of carbonyl (C=O) groups is 2. The van der Waals surface area contributed by atoms with E-state index in [0.29, 0.717) is 6.54 Å². The molecule has 1 aromatic rings. The van der Waals surface area contributed by atoms with Crippen LogP contribution < -0.4 is 10.2 Å². The average molecular weight is 276 g/mol. The zero-order chi connectivity index (χ0) is 14.7. The van der Waals surface area contributed by atoms with Gasteiger partial charge in [-0.3, -0.25) is 9.59 Å². The van der Waals surface area contributed by atoms with Crippen molar-refractivity contribution < 1.29 is 14.3 Å². The highest BCUT2D eigenvalue weighted by molar-refractivity contribution is 5.98. The zero-order valence-electron chi connectivity index (χ0n) is 12.1. The lowest BCUT2D eigenvalue weighted by Gasteiger charge is -2.18. The molecule has 1 aliphatic heterocycles. The maximum atomic E-state index is 12.0. The number of nitrogens with one attached hydrogen (secondary N) is 1. The Morgan fingerprint density at radius 2 is 2.15 bits per heavy atom. The molecule has 0 aliphatic carbocycles. The molecule has 108 valence electrons. The summed E-state index contributed by atoms with van der Waals surface area (Å²) >= 11 is 0. The Balaban J connectivity index is 2.19. The first-order valence-corrected chi connectivity index (χ1v) is 6.76. The molecule has 0 aromatic heterocycles. The third-order valence-electron chi connectivity index (χ3n) is 3.34. The van der Waals surface area contributed by atoms with Crippen LogP contribution in [0.4, 0.5) is 11.4 Å². The molecule has 1 aliphatic rings. The van der Waals surface area contributed by atoms with E-state index in [4.69, 9.17) is 4.74 Å². The van der Waals surface area contributed by atoms with E-state index < -0.39 is 0 Å². The quantitative estimate of drug-likeness (QED) is 0.912. The minimum absolute atomic E-state index is 0.0299. The van der Waals surface area contributed by atoms with Gasteiger partial charge in [0.25, 0.3) is 5.91 Å². The van der Waals surface area contributed by atoms with Gasteiger partial charge in [-0.2, -0.15) is 0 Å². The molecular weight excluding hydrogens is 256 g/mol. The summed E-state index contributed by atoms with van der Waals surface area (Å²) in [4.78, 5) is 25.4. The highest BCUT2D eigenvalue weighted by atomic mass is 16.5. The summed E-state index contributed by atoms with van der Waals surface area (Å²) in [5, 5.41) is 2.85. The highest BCUT2D eigenvalue weighted by Gasteiger charge is 2.24. The van der Waals surface area contributed by atoms with Crippen molar-refractivity contribution in [3.05, 3.63) is 23.8 Å². The van der Waals surface area contributed by atoms with Crippen LogP contribution in [0.3, 0.4) is 0 Å². The van der Waals surface area contributed by atoms with E-state index in [1.807, 2.05) is 32.0 Å². The summed E-state index contributed by atoms with van der Waals surface area (Å²) in [5.41, 5.74) is 2.71. The van der Waals surface area contributed by atoms with Crippen LogP contribution in [0.2, 0.25) is 0 Å². The summed E-state index contributed by atoms with van der Waals surface area (Å²) in [6.45, 7) is 4.43. The van der Waals surface area contributed by atoms with Crippen LogP contribution in [0.1, 0.15) is 19.4 Å². The molecule has 0 bridgehead atoms. The Labute approximate surface area is 118 Å². The van der Waals surface area contributed by atoms with Gasteiger partial charge in [0.2, 0.25) is 5.91 Å². The van der Waals surface area contributed by atoms with Gasteiger partial charge in [0.1, 0.15) is 6.61 Å². The molecule has 1 heterocycles. The topological polar surface area (TPSA) is 58.6 Å². The largest absolute Gasteiger partial charge is 0.375 e. The number of anilines is 2. The number of nitrogens with zero attached hydrogens (tertiary/aromatic N) is 1. The number of methoxy groups -OCH3 is 1. The molecule has 2 rings (SSSR count). The van der Waals surface area contributed by atoms with Crippen LogP contribution in [0.5, 0.6) is 0 Å². The molecule has 20 heavy (non-hydrogen) atoms. The number of rotatable bonds is 4. The average Bonchev–Trinajstić information content (AvgIpc) is 2.82. The van der Waals surface area contributed by atoms with Crippen molar-refractivity contribution in [2.75, 3.05) is 30.5 Å². The molecule has 5 nitrogen and oxygen atoms in total. The van der Waals surface area contributed by atoms with Gasteiger partial charge in [0.05, 0.1) is 0 Å². The van der Waals surface area contributed by atoms with Gasteiger partial charge >= 0.3 is 0 Å². The third-order valence-corrected chi connectivity index (χ3v) is 3.34. The molecule has 0 atom stereocenters. The fourth-order valence-electron chi connectivity index (χ4n) is 2.20. The van der Waals surface area contributed by atoms with E-state index in [-0.39, 0.29) is 24.3 Å². The summed E-state index contributed by atoms with van der Waals surface area (Å²) in [5.74, 6) is -0.161. The van der Waals surface area contributed by atoms with Gasteiger partial charge < -0.3 is 15.0 Å². The monoisotopic (exact) mass is 276 g/mol. The van der Waals surface area contributed by atoms with Crippen LogP contribution in [0.25, 0.3) is 0 Å². The minimum Gasteiger partial charge on any atom is -0.375 e. The van der Waals surface area contributed by atoms with Crippen molar-refractivity contribution in [1.29, 1.82) is 0 Å². The second-order valence-electron chi connectivity index (χ2n) is 5.22. The maximum absolute atomic E-state index is 12.0. The van der Waals surface area contributed by atoms with Crippen molar-refractivity contribution in [1.82, 2.24) is 0 Å². The van der Waals surface area contributed by atoms with Gasteiger partial charge in [0.15, 0.2) is 0 Å². The number of carbonyl (C=O) groups excluding carboxylic acids is 2. The van der Waals surface area contributed by atoms with Crippen molar-refractivity contribution in [2.45, 2.75) is 20.3 Å². The van der Waals surface area contributed by atoms with Gasteiger partial charge in [-0.25, -0.2) is 0 Å². The van der Waals surface area contributed by atoms with Crippen LogP contribution in [-0.2, 0) is 20.7 Å². The first-order chi connectivity index (χ1) is 9.52. The van der Waals surface area contributed by atoms with Gasteiger partial charge in [-0.1, -0.05) is 19.9 Å². The normalized spacial score (nSPS) is 13.5. The van der Waals surface area contributed by atoms with Crippen molar-refractivity contribution >= 4 is 23.2 Å². The maximum Gasteiger partial charge on any atom is 0.252 e. The van der Waals surface area contributed by atoms with Crippen LogP contribution in [0.15, 0.2) is 18.2 Å². The molecule has 0 radical (unpaired) electrons. The lowest BCUT2D eigenvalue weighted by atomic mass is 10.1. The Bertz CT molecular complexity index is 526.